The van der Waals surface area contributed by atoms with Crippen molar-refractivity contribution in [2.45, 2.75) is 32.1 Å². The van der Waals surface area contributed by atoms with Gasteiger partial charge in [-0.15, -0.1) is 0 Å². The number of nitrogens with zero attached hydrogens (tertiary/aromatic N) is 3. The molecule has 2 amide bonds. The third-order valence-corrected chi connectivity index (χ3v) is 6.51. The molecule has 0 spiro atoms. The van der Waals surface area contributed by atoms with E-state index < -0.39 is 0 Å². The molecule has 1 atom stereocenters. The summed E-state index contributed by atoms with van der Waals surface area (Å²) in [5, 5.41) is 0. The largest absolute Gasteiger partial charge is 0.372 e. The van der Waals surface area contributed by atoms with Gasteiger partial charge in [0.2, 0.25) is 11.8 Å². The topological polar surface area (TPSA) is 43.9 Å². The average Bonchev–Trinajstić information content (AvgIpc) is 3.38. The van der Waals surface area contributed by atoms with Crippen LogP contribution in [0.5, 0.6) is 0 Å². The second kappa shape index (κ2) is 7.54. The van der Waals surface area contributed by atoms with Crippen LogP contribution in [0.2, 0.25) is 0 Å². The van der Waals surface area contributed by atoms with E-state index in [1.165, 1.54) is 30.5 Å². The lowest BCUT2D eigenvalue weighted by atomic mass is 10.1. The van der Waals surface area contributed by atoms with Gasteiger partial charge in [-0.1, -0.05) is 18.2 Å². The summed E-state index contributed by atoms with van der Waals surface area (Å²) in [7, 11) is 0. The maximum Gasteiger partial charge on any atom is 0.232 e. The number of benzene rings is 2. The molecule has 5 rings (SSSR count). The fraction of sp³-hybridized carbons (Fsp3) is 0.417. The number of fused-ring (bicyclic) bond motifs is 1. The van der Waals surface area contributed by atoms with E-state index in [1.807, 2.05) is 35.2 Å². The zero-order valence-electron chi connectivity index (χ0n) is 16.7. The van der Waals surface area contributed by atoms with Gasteiger partial charge in [-0.25, -0.2) is 0 Å². The van der Waals surface area contributed by atoms with E-state index in [0.29, 0.717) is 19.5 Å². The number of hydrogen-bond acceptors (Lipinski definition) is 3. The molecule has 2 saturated heterocycles. The quantitative estimate of drug-likeness (QED) is 0.805. The number of anilines is 3. The number of piperidine rings is 1. The maximum absolute atomic E-state index is 13.1. The van der Waals surface area contributed by atoms with Gasteiger partial charge in [0.1, 0.15) is 0 Å². The first-order chi connectivity index (χ1) is 14.2. The highest BCUT2D eigenvalue weighted by Gasteiger charge is 2.39. The highest BCUT2D eigenvalue weighted by molar-refractivity contribution is 6.05. The molecule has 2 aromatic carbocycles. The van der Waals surface area contributed by atoms with Crippen LogP contribution >= 0.6 is 0 Å². The summed E-state index contributed by atoms with van der Waals surface area (Å²) in [4.78, 5) is 31.9. The van der Waals surface area contributed by atoms with Crippen molar-refractivity contribution in [3.63, 3.8) is 0 Å². The second-order valence-electron chi connectivity index (χ2n) is 8.34. The molecule has 0 aliphatic carbocycles. The van der Waals surface area contributed by atoms with Gasteiger partial charge in [-0.2, -0.15) is 0 Å². The second-order valence-corrected chi connectivity index (χ2v) is 8.34. The van der Waals surface area contributed by atoms with Gasteiger partial charge in [0.15, 0.2) is 0 Å². The van der Waals surface area contributed by atoms with Crippen molar-refractivity contribution < 1.29 is 9.59 Å². The Hall–Kier alpha value is -2.82. The number of para-hydroxylation sites is 1. The van der Waals surface area contributed by atoms with Gasteiger partial charge in [0, 0.05) is 49.7 Å². The van der Waals surface area contributed by atoms with E-state index in [9.17, 15) is 9.59 Å². The van der Waals surface area contributed by atoms with Crippen LogP contribution in [0, 0.1) is 5.92 Å². The van der Waals surface area contributed by atoms with Crippen LogP contribution < -0.4 is 14.7 Å². The lowest BCUT2D eigenvalue weighted by Gasteiger charge is -2.29. The Morgan fingerprint density at radius 1 is 0.862 bits per heavy atom. The number of carbonyl (C=O) groups is 2. The highest BCUT2D eigenvalue weighted by atomic mass is 16.2. The molecule has 29 heavy (non-hydrogen) atoms. The SMILES string of the molecule is O=C1CC(C(=O)N2CCc3ccccc32)CN1c1ccc(N2CCCCC2)cc1. The van der Waals surface area contributed by atoms with Crippen molar-refractivity contribution in [3.05, 3.63) is 54.1 Å². The summed E-state index contributed by atoms with van der Waals surface area (Å²) < 4.78 is 0. The molecule has 2 fully saturated rings. The van der Waals surface area contributed by atoms with Gasteiger partial charge >= 0.3 is 0 Å². The minimum absolute atomic E-state index is 0.0431. The molecule has 3 aliphatic heterocycles. The summed E-state index contributed by atoms with van der Waals surface area (Å²) >= 11 is 0. The first kappa shape index (κ1) is 18.2. The van der Waals surface area contributed by atoms with Crippen LogP contribution in [0.1, 0.15) is 31.2 Å². The van der Waals surface area contributed by atoms with Crippen molar-refractivity contribution in [2.75, 3.05) is 40.9 Å². The van der Waals surface area contributed by atoms with Gasteiger partial charge in [-0.3, -0.25) is 9.59 Å². The van der Waals surface area contributed by atoms with E-state index in [2.05, 4.69) is 23.1 Å². The normalized spacial score (nSPS) is 21.6. The van der Waals surface area contributed by atoms with Crippen LogP contribution in [0.25, 0.3) is 0 Å². The predicted octanol–water partition coefficient (Wildman–Crippen LogP) is 3.62. The number of hydrogen-bond donors (Lipinski definition) is 0. The molecule has 2 aromatic rings. The standard InChI is InChI=1S/C24H27N3O2/c28-23-16-19(24(29)26-15-12-18-6-2-3-7-22(18)26)17-27(23)21-10-8-20(9-11-21)25-13-4-1-5-14-25/h2-3,6-11,19H,1,4-5,12-17H2. The first-order valence-electron chi connectivity index (χ1n) is 10.8. The minimum Gasteiger partial charge on any atom is -0.372 e. The van der Waals surface area contributed by atoms with Crippen LogP contribution in [0.3, 0.4) is 0 Å². The molecular formula is C24H27N3O2. The van der Waals surface area contributed by atoms with Crippen LogP contribution in [-0.2, 0) is 16.0 Å². The molecule has 1 unspecified atom stereocenters. The Labute approximate surface area is 171 Å². The Morgan fingerprint density at radius 2 is 1.59 bits per heavy atom. The fourth-order valence-electron chi connectivity index (χ4n) is 4.91. The van der Waals surface area contributed by atoms with Crippen molar-refractivity contribution in [1.29, 1.82) is 0 Å². The van der Waals surface area contributed by atoms with Crippen molar-refractivity contribution in [3.8, 4) is 0 Å². The average molecular weight is 389 g/mol. The predicted molar refractivity (Wildman–Crippen MR) is 115 cm³/mol. The van der Waals surface area contributed by atoms with E-state index in [-0.39, 0.29) is 17.7 Å². The third kappa shape index (κ3) is 3.39. The van der Waals surface area contributed by atoms with Crippen molar-refractivity contribution in [1.82, 2.24) is 0 Å². The zero-order chi connectivity index (χ0) is 19.8. The molecular weight excluding hydrogens is 362 g/mol. The maximum atomic E-state index is 13.1. The molecule has 0 N–H and O–H groups in total. The third-order valence-electron chi connectivity index (χ3n) is 6.51. The highest BCUT2D eigenvalue weighted by Crippen LogP contribution is 2.33. The molecule has 0 aromatic heterocycles. The van der Waals surface area contributed by atoms with E-state index in [1.54, 1.807) is 4.90 Å². The smallest absolute Gasteiger partial charge is 0.232 e. The van der Waals surface area contributed by atoms with Gasteiger partial charge in [0.25, 0.3) is 0 Å². The molecule has 3 aliphatic rings. The number of amides is 2. The van der Waals surface area contributed by atoms with Gasteiger partial charge < -0.3 is 14.7 Å². The minimum atomic E-state index is -0.268. The van der Waals surface area contributed by atoms with E-state index >= 15 is 0 Å². The summed E-state index contributed by atoms with van der Waals surface area (Å²) in [5.41, 5.74) is 4.35. The Kier molecular flexibility index (Phi) is 4.74. The Bertz CT molecular complexity index is 918. The summed E-state index contributed by atoms with van der Waals surface area (Å²) in [5.74, 6) is -0.146. The van der Waals surface area contributed by atoms with Crippen LogP contribution in [0.4, 0.5) is 17.1 Å². The fourth-order valence-corrected chi connectivity index (χ4v) is 4.91. The molecule has 0 radical (unpaired) electrons. The molecule has 0 saturated carbocycles. The zero-order valence-corrected chi connectivity index (χ0v) is 16.7. The lowest BCUT2D eigenvalue weighted by molar-refractivity contribution is -0.124. The van der Waals surface area contributed by atoms with Gasteiger partial charge in [0.05, 0.1) is 5.92 Å². The first-order valence-corrected chi connectivity index (χ1v) is 10.8. The Morgan fingerprint density at radius 3 is 2.38 bits per heavy atom. The number of carbonyl (C=O) groups excluding carboxylic acids is 2. The van der Waals surface area contributed by atoms with Crippen molar-refractivity contribution in [2.24, 2.45) is 5.92 Å². The van der Waals surface area contributed by atoms with Crippen LogP contribution in [-0.4, -0.2) is 38.0 Å². The molecule has 5 heteroatoms. The Balaban J connectivity index is 1.28. The van der Waals surface area contributed by atoms with Crippen molar-refractivity contribution >= 4 is 28.9 Å². The summed E-state index contributed by atoms with van der Waals surface area (Å²) in [6, 6.07) is 16.4. The van der Waals surface area contributed by atoms with Crippen LogP contribution in [0.15, 0.2) is 48.5 Å². The molecule has 5 nitrogen and oxygen atoms in total. The van der Waals surface area contributed by atoms with E-state index in [4.69, 9.17) is 0 Å². The summed E-state index contributed by atoms with van der Waals surface area (Å²) in [6.07, 6.45) is 5.00. The monoisotopic (exact) mass is 389 g/mol. The van der Waals surface area contributed by atoms with E-state index in [0.717, 1.165) is 30.9 Å². The lowest BCUT2D eigenvalue weighted by Crippen LogP contribution is -2.36. The molecule has 3 heterocycles. The molecule has 150 valence electrons. The van der Waals surface area contributed by atoms with Gasteiger partial charge in [-0.05, 0) is 61.6 Å². The number of rotatable bonds is 3. The summed E-state index contributed by atoms with van der Waals surface area (Å²) in [6.45, 7) is 3.40. The molecule has 0 bridgehead atoms.